The van der Waals surface area contributed by atoms with E-state index in [1.54, 1.807) is 12.1 Å². The molecule has 1 aromatic carbocycles. The van der Waals surface area contributed by atoms with E-state index in [4.69, 9.17) is 15.0 Å². The number of carbonyl (C=O) groups is 1. The largest absolute Gasteiger partial charge is 0.455 e. The Balaban J connectivity index is 0.000000749. The van der Waals surface area contributed by atoms with Gasteiger partial charge in [0.15, 0.2) is 0 Å². The van der Waals surface area contributed by atoms with Gasteiger partial charge in [-0.05, 0) is 55.1 Å². The van der Waals surface area contributed by atoms with E-state index in [1.807, 2.05) is 13.0 Å². The van der Waals surface area contributed by atoms with Gasteiger partial charge in [0.1, 0.15) is 17.2 Å². The molecule has 0 atom stereocenters. The lowest BCUT2D eigenvalue weighted by Gasteiger charge is -2.11. The second kappa shape index (κ2) is 11.5. The molecule has 4 N–H and O–H groups in total. The number of nitrogens with two attached hydrogens (primary N) is 1. The number of hydrogen-bond acceptors (Lipinski definition) is 6. The summed E-state index contributed by atoms with van der Waals surface area (Å²) in [5.74, 6) is 1.51. The topological polar surface area (TPSA) is 132 Å². The van der Waals surface area contributed by atoms with Crippen LogP contribution in [-0.2, 0) is 16.7 Å². The van der Waals surface area contributed by atoms with Gasteiger partial charge in [-0.1, -0.05) is 26.0 Å². The van der Waals surface area contributed by atoms with Crippen LogP contribution in [0.15, 0.2) is 36.5 Å². The van der Waals surface area contributed by atoms with Gasteiger partial charge in [-0.25, -0.2) is 4.98 Å². The summed E-state index contributed by atoms with van der Waals surface area (Å²) >= 11 is 0. The smallest absolute Gasteiger partial charge is 0.267 e. The average molecular weight is 424 g/mol. The quantitative estimate of drug-likeness (QED) is 0.439. The summed E-state index contributed by atoms with van der Waals surface area (Å²) in [5, 5.41) is 3.45. The molecule has 29 heavy (non-hydrogen) atoms. The van der Waals surface area contributed by atoms with Gasteiger partial charge in [0.25, 0.3) is 16.0 Å². The van der Waals surface area contributed by atoms with Gasteiger partial charge in [0.2, 0.25) is 0 Å². The van der Waals surface area contributed by atoms with Gasteiger partial charge in [0.05, 0.1) is 12.5 Å². The second-order valence-corrected chi connectivity index (χ2v) is 8.50. The summed E-state index contributed by atoms with van der Waals surface area (Å²) in [6, 6.07) is 9.36. The third-order valence-corrected chi connectivity index (χ3v) is 3.68. The lowest BCUT2D eigenvalue weighted by atomic mass is 10.1. The van der Waals surface area contributed by atoms with Crippen molar-refractivity contribution < 1.29 is 22.5 Å². The van der Waals surface area contributed by atoms with Crippen LogP contribution in [0.5, 0.6) is 11.5 Å². The van der Waals surface area contributed by atoms with Gasteiger partial charge in [-0.2, -0.15) is 8.42 Å². The maximum atomic E-state index is 11.0. The van der Waals surface area contributed by atoms with Crippen LogP contribution < -0.4 is 15.8 Å². The van der Waals surface area contributed by atoms with Gasteiger partial charge < -0.3 is 15.8 Å². The average Bonchev–Trinajstić information content (AvgIpc) is 2.60. The number of nitrogens with zero attached hydrogens (tertiary/aromatic N) is 1. The van der Waals surface area contributed by atoms with Crippen LogP contribution in [0.25, 0.3) is 0 Å². The molecule has 0 bridgehead atoms. The van der Waals surface area contributed by atoms with Crippen molar-refractivity contribution in [3.05, 3.63) is 53.3 Å². The maximum absolute atomic E-state index is 11.0. The van der Waals surface area contributed by atoms with Crippen LogP contribution in [0.2, 0.25) is 0 Å². The Kier molecular flexibility index (Phi) is 9.73. The van der Waals surface area contributed by atoms with Crippen molar-refractivity contribution in [2.24, 2.45) is 11.7 Å². The van der Waals surface area contributed by atoms with Crippen molar-refractivity contribution in [1.29, 1.82) is 0 Å². The number of primary amides is 1. The Bertz CT molecular complexity index is 889. The molecule has 9 heteroatoms. The first-order valence-electron chi connectivity index (χ1n) is 9.12. The molecule has 0 radical (unpaired) electrons. The van der Waals surface area contributed by atoms with Crippen LogP contribution in [-0.4, -0.2) is 36.7 Å². The van der Waals surface area contributed by atoms with Crippen LogP contribution in [0.1, 0.15) is 41.9 Å². The molecule has 0 fully saturated rings. The maximum Gasteiger partial charge on any atom is 0.267 e. The van der Waals surface area contributed by atoms with Crippen LogP contribution in [0.4, 0.5) is 0 Å². The number of nitrogens with one attached hydrogen (secondary N) is 1. The van der Waals surface area contributed by atoms with E-state index in [0.29, 0.717) is 17.9 Å². The molecule has 1 heterocycles. The molecular formula is C20H29N3O5S. The summed E-state index contributed by atoms with van der Waals surface area (Å²) in [6.07, 6.45) is 3.39. The van der Waals surface area contributed by atoms with Crippen LogP contribution in [0.3, 0.4) is 0 Å². The molecule has 1 aromatic heterocycles. The predicted molar refractivity (Wildman–Crippen MR) is 113 cm³/mol. The minimum atomic E-state index is -3.67. The van der Waals surface area contributed by atoms with E-state index in [-0.39, 0.29) is 5.69 Å². The molecular weight excluding hydrogens is 394 g/mol. The standard InChI is InChI=1S/C19H25N3O2.CH4O3S/c1-13(2)8-9-21-11-15-4-7-18(14(3)10-15)24-16-5-6-17(19(20)23)22-12-16;1-5(2,3)4/h4-7,10,12-13,21H,8-9,11H2,1-3H3,(H2,20,23);1H3,(H,2,3,4). The molecule has 160 valence electrons. The molecule has 0 saturated carbocycles. The number of aromatic nitrogens is 1. The lowest BCUT2D eigenvalue weighted by molar-refractivity contribution is 0.0995. The fourth-order valence-corrected chi connectivity index (χ4v) is 2.27. The number of hydrogen-bond donors (Lipinski definition) is 3. The highest BCUT2D eigenvalue weighted by atomic mass is 32.2. The SMILES string of the molecule is CS(=O)(=O)O.Cc1cc(CNCCC(C)C)ccc1Oc1ccc(C(N)=O)nc1. The number of benzene rings is 1. The Hall–Kier alpha value is -2.49. The van der Waals surface area contributed by atoms with Gasteiger partial charge >= 0.3 is 0 Å². The van der Waals surface area contributed by atoms with Gasteiger partial charge in [0, 0.05) is 6.54 Å². The number of amides is 1. The molecule has 0 saturated heterocycles. The number of ether oxygens (including phenoxy) is 1. The highest BCUT2D eigenvalue weighted by Crippen LogP contribution is 2.25. The second-order valence-electron chi connectivity index (χ2n) is 7.04. The van der Waals surface area contributed by atoms with E-state index in [9.17, 15) is 13.2 Å². The molecule has 0 unspecified atom stereocenters. The van der Waals surface area contributed by atoms with Crippen molar-refractivity contribution in [2.45, 2.75) is 33.7 Å². The van der Waals surface area contributed by atoms with Crippen molar-refractivity contribution in [1.82, 2.24) is 10.3 Å². The zero-order chi connectivity index (χ0) is 22.0. The Morgan fingerprint density at radius 1 is 1.28 bits per heavy atom. The minimum Gasteiger partial charge on any atom is -0.455 e. The van der Waals surface area contributed by atoms with Crippen molar-refractivity contribution >= 4 is 16.0 Å². The van der Waals surface area contributed by atoms with E-state index < -0.39 is 16.0 Å². The summed E-state index contributed by atoms with van der Waals surface area (Å²) in [7, 11) is -3.67. The molecule has 1 amide bonds. The number of pyridine rings is 1. The van der Waals surface area contributed by atoms with Gasteiger partial charge in [-0.15, -0.1) is 0 Å². The predicted octanol–water partition coefficient (Wildman–Crippen LogP) is 2.92. The van der Waals surface area contributed by atoms with Crippen molar-refractivity contribution in [3.8, 4) is 11.5 Å². The van der Waals surface area contributed by atoms with E-state index in [1.165, 1.54) is 18.2 Å². The van der Waals surface area contributed by atoms with Crippen molar-refractivity contribution in [3.63, 3.8) is 0 Å². The summed E-state index contributed by atoms with van der Waals surface area (Å²) < 4.78 is 31.7. The third kappa shape index (κ3) is 11.2. The van der Waals surface area contributed by atoms with Crippen LogP contribution >= 0.6 is 0 Å². The van der Waals surface area contributed by atoms with Crippen molar-refractivity contribution in [2.75, 3.05) is 12.8 Å². The molecule has 0 aliphatic carbocycles. The number of carbonyl (C=O) groups excluding carboxylic acids is 1. The summed E-state index contributed by atoms with van der Waals surface area (Å²) in [5.41, 5.74) is 7.68. The van der Waals surface area contributed by atoms with Gasteiger partial charge in [-0.3, -0.25) is 9.35 Å². The summed E-state index contributed by atoms with van der Waals surface area (Å²) in [4.78, 5) is 15.0. The Morgan fingerprint density at radius 3 is 2.41 bits per heavy atom. The Labute approximate surface area is 172 Å². The number of aryl methyl sites for hydroxylation is 1. The fraction of sp³-hybridized carbons (Fsp3) is 0.400. The first-order valence-corrected chi connectivity index (χ1v) is 11.0. The zero-order valence-corrected chi connectivity index (χ0v) is 18.0. The lowest BCUT2D eigenvalue weighted by Crippen LogP contribution is -2.16. The molecule has 2 rings (SSSR count). The fourth-order valence-electron chi connectivity index (χ4n) is 2.27. The summed E-state index contributed by atoms with van der Waals surface area (Å²) in [6.45, 7) is 8.33. The third-order valence-electron chi connectivity index (χ3n) is 3.68. The zero-order valence-electron chi connectivity index (χ0n) is 17.2. The van der Waals surface area contributed by atoms with E-state index >= 15 is 0 Å². The molecule has 0 aliphatic heterocycles. The van der Waals surface area contributed by atoms with E-state index in [2.05, 4.69) is 36.3 Å². The Morgan fingerprint density at radius 2 is 1.93 bits per heavy atom. The van der Waals surface area contributed by atoms with E-state index in [0.717, 1.165) is 24.4 Å². The molecule has 2 aromatic rings. The molecule has 0 spiro atoms. The molecule has 8 nitrogen and oxygen atoms in total. The molecule has 0 aliphatic rings. The first-order chi connectivity index (χ1) is 13.5. The minimum absolute atomic E-state index is 0.224. The highest BCUT2D eigenvalue weighted by molar-refractivity contribution is 7.85. The monoisotopic (exact) mass is 423 g/mol. The van der Waals surface area contributed by atoms with Crippen LogP contribution in [0, 0.1) is 12.8 Å². The first kappa shape index (κ1) is 24.5. The highest BCUT2D eigenvalue weighted by Gasteiger charge is 2.06. The normalized spacial score (nSPS) is 11.0. The number of rotatable bonds is 8.